The van der Waals surface area contributed by atoms with Crippen molar-refractivity contribution in [3.05, 3.63) is 53.7 Å². The molecule has 2 aromatic heterocycles. The summed E-state index contributed by atoms with van der Waals surface area (Å²) < 4.78 is 7.03. The Balaban J connectivity index is 1.77. The molecule has 3 rings (SSSR count). The number of nitrogens with one attached hydrogen (secondary N) is 2. The lowest BCUT2D eigenvalue weighted by Gasteiger charge is -2.23. The lowest BCUT2D eigenvalue weighted by atomic mass is 10.1. The number of aromatic nitrogens is 4. The fraction of sp³-hybridized carbons (Fsp3) is 0.350. The topological polar surface area (TPSA) is 88.1 Å². The lowest BCUT2D eigenvalue weighted by molar-refractivity contribution is 0.152. The maximum Gasteiger partial charge on any atom is 0.322 e. The van der Waals surface area contributed by atoms with E-state index in [1.54, 1.807) is 24.5 Å². The first kappa shape index (κ1) is 19.6. The first-order valence-electron chi connectivity index (χ1n) is 9.12. The molecule has 0 fully saturated rings. The van der Waals surface area contributed by atoms with Gasteiger partial charge in [0.1, 0.15) is 0 Å². The first-order chi connectivity index (χ1) is 13.5. The number of nitrogens with zero attached hydrogens (tertiary/aromatic N) is 4. The first-order valence-corrected chi connectivity index (χ1v) is 9.12. The van der Waals surface area contributed by atoms with Gasteiger partial charge in [0.25, 0.3) is 0 Å². The van der Waals surface area contributed by atoms with Crippen molar-refractivity contribution in [1.29, 1.82) is 0 Å². The highest BCUT2D eigenvalue weighted by atomic mass is 16.5. The molecule has 0 radical (unpaired) electrons. The molecule has 3 aromatic rings. The summed E-state index contributed by atoms with van der Waals surface area (Å²) in [5.41, 5.74) is 5.61. The summed E-state index contributed by atoms with van der Waals surface area (Å²) in [4.78, 5) is 21.8. The van der Waals surface area contributed by atoms with E-state index in [1.165, 1.54) is 0 Å². The van der Waals surface area contributed by atoms with Gasteiger partial charge in [-0.3, -0.25) is 4.68 Å². The summed E-state index contributed by atoms with van der Waals surface area (Å²) in [6.45, 7) is 5.38. The molecule has 1 aromatic carbocycles. The summed E-state index contributed by atoms with van der Waals surface area (Å²) in [6.07, 6.45) is 3.38. The summed E-state index contributed by atoms with van der Waals surface area (Å²) in [6, 6.07) is 7.48. The van der Waals surface area contributed by atoms with Crippen LogP contribution in [0.1, 0.15) is 17.0 Å². The van der Waals surface area contributed by atoms with Crippen LogP contribution >= 0.6 is 0 Å². The minimum atomic E-state index is -0.179. The third kappa shape index (κ3) is 4.40. The van der Waals surface area contributed by atoms with Crippen molar-refractivity contribution in [2.24, 2.45) is 7.05 Å². The van der Waals surface area contributed by atoms with E-state index in [4.69, 9.17) is 4.74 Å². The summed E-state index contributed by atoms with van der Waals surface area (Å²) >= 11 is 0. The molecular formula is C20H26N6O2. The van der Waals surface area contributed by atoms with E-state index in [0.29, 0.717) is 19.7 Å². The Hall–Kier alpha value is -3.13. The maximum atomic E-state index is 13.0. The molecule has 0 saturated carbocycles. The van der Waals surface area contributed by atoms with Gasteiger partial charge >= 0.3 is 6.03 Å². The van der Waals surface area contributed by atoms with Crippen LogP contribution in [0.5, 0.6) is 0 Å². The van der Waals surface area contributed by atoms with Crippen LogP contribution in [0.4, 0.5) is 10.5 Å². The van der Waals surface area contributed by atoms with Gasteiger partial charge in [0.15, 0.2) is 0 Å². The molecule has 0 bridgehead atoms. The van der Waals surface area contributed by atoms with Crippen molar-refractivity contribution < 1.29 is 9.53 Å². The molecule has 148 valence electrons. The average molecular weight is 382 g/mol. The Morgan fingerprint density at radius 2 is 2.18 bits per heavy atom. The van der Waals surface area contributed by atoms with Crippen molar-refractivity contribution in [2.75, 3.05) is 25.6 Å². The highest BCUT2D eigenvalue weighted by Gasteiger charge is 2.19. The quantitative estimate of drug-likeness (QED) is 0.657. The summed E-state index contributed by atoms with van der Waals surface area (Å²) in [5.74, 6) is 0. The van der Waals surface area contributed by atoms with Gasteiger partial charge in [-0.2, -0.15) is 5.10 Å². The molecule has 0 atom stereocenters. The van der Waals surface area contributed by atoms with Crippen LogP contribution in [0.25, 0.3) is 11.3 Å². The van der Waals surface area contributed by atoms with E-state index in [0.717, 1.165) is 33.9 Å². The Bertz CT molecular complexity index is 932. The van der Waals surface area contributed by atoms with Gasteiger partial charge in [-0.25, -0.2) is 9.78 Å². The number of benzene rings is 1. The SMILES string of the molecule is COCCN(Cc1c(C)nn(C)c1C)C(=O)Nc1cccc(-c2cnc[nH]2)c1. The van der Waals surface area contributed by atoms with Crippen molar-refractivity contribution in [3.8, 4) is 11.3 Å². The molecule has 2 amide bonds. The van der Waals surface area contributed by atoms with E-state index in [2.05, 4.69) is 20.4 Å². The predicted molar refractivity (Wildman–Crippen MR) is 108 cm³/mol. The van der Waals surface area contributed by atoms with Gasteiger partial charge in [-0.05, 0) is 26.0 Å². The van der Waals surface area contributed by atoms with Gasteiger partial charge in [0.05, 0.1) is 37.1 Å². The largest absolute Gasteiger partial charge is 0.383 e. The second-order valence-electron chi connectivity index (χ2n) is 6.66. The fourth-order valence-corrected chi connectivity index (χ4v) is 3.07. The number of urea groups is 1. The second kappa shape index (κ2) is 8.71. The van der Waals surface area contributed by atoms with Crippen LogP contribution in [-0.4, -0.2) is 50.9 Å². The van der Waals surface area contributed by atoms with E-state index in [-0.39, 0.29) is 6.03 Å². The molecule has 0 aliphatic rings. The Kier molecular flexibility index (Phi) is 6.10. The zero-order chi connectivity index (χ0) is 20.1. The molecule has 0 unspecified atom stereocenters. The number of aryl methyl sites for hydroxylation is 2. The van der Waals surface area contributed by atoms with Crippen LogP contribution in [0.3, 0.4) is 0 Å². The van der Waals surface area contributed by atoms with E-state index in [9.17, 15) is 4.79 Å². The van der Waals surface area contributed by atoms with Crippen LogP contribution in [-0.2, 0) is 18.3 Å². The van der Waals surface area contributed by atoms with E-state index in [1.807, 2.05) is 49.8 Å². The zero-order valence-electron chi connectivity index (χ0n) is 16.7. The molecule has 2 heterocycles. The van der Waals surface area contributed by atoms with Crippen LogP contribution in [0, 0.1) is 13.8 Å². The number of ether oxygens (including phenoxy) is 1. The summed E-state index contributed by atoms with van der Waals surface area (Å²) in [7, 11) is 3.54. The number of hydrogen-bond acceptors (Lipinski definition) is 4. The zero-order valence-corrected chi connectivity index (χ0v) is 16.7. The van der Waals surface area contributed by atoms with Gasteiger partial charge in [0.2, 0.25) is 0 Å². The molecule has 8 nitrogen and oxygen atoms in total. The van der Waals surface area contributed by atoms with Gasteiger partial charge in [0, 0.05) is 43.2 Å². The van der Waals surface area contributed by atoms with Gasteiger partial charge in [-0.15, -0.1) is 0 Å². The normalized spacial score (nSPS) is 10.9. The number of anilines is 1. The minimum Gasteiger partial charge on any atom is -0.383 e. The Labute approximate surface area is 164 Å². The number of aromatic amines is 1. The smallest absolute Gasteiger partial charge is 0.322 e. The highest BCUT2D eigenvalue weighted by Crippen LogP contribution is 2.21. The highest BCUT2D eigenvalue weighted by molar-refractivity contribution is 5.90. The maximum absolute atomic E-state index is 13.0. The monoisotopic (exact) mass is 382 g/mol. The minimum absolute atomic E-state index is 0.179. The number of amides is 2. The Morgan fingerprint density at radius 1 is 1.36 bits per heavy atom. The second-order valence-corrected chi connectivity index (χ2v) is 6.66. The molecular weight excluding hydrogens is 356 g/mol. The van der Waals surface area contributed by atoms with E-state index < -0.39 is 0 Å². The number of H-pyrrole nitrogens is 1. The number of carbonyl (C=O) groups excluding carboxylic acids is 1. The van der Waals surface area contributed by atoms with Crippen LogP contribution < -0.4 is 5.32 Å². The third-order valence-corrected chi connectivity index (χ3v) is 4.78. The molecule has 8 heteroatoms. The molecule has 0 spiro atoms. The number of imidazole rings is 1. The van der Waals surface area contributed by atoms with Crippen molar-refractivity contribution in [3.63, 3.8) is 0 Å². The van der Waals surface area contributed by atoms with Gasteiger partial charge < -0.3 is 19.9 Å². The van der Waals surface area contributed by atoms with Crippen molar-refractivity contribution >= 4 is 11.7 Å². The molecule has 0 aliphatic heterocycles. The Morgan fingerprint density at radius 3 is 2.82 bits per heavy atom. The average Bonchev–Trinajstić information content (AvgIpc) is 3.29. The van der Waals surface area contributed by atoms with E-state index >= 15 is 0 Å². The van der Waals surface area contributed by atoms with Crippen LogP contribution in [0.2, 0.25) is 0 Å². The molecule has 28 heavy (non-hydrogen) atoms. The van der Waals surface area contributed by atoms with Crippen molar-refractivity contribution in [1.82, 2.24) is 24.6 Å². The molecule has 2 N–H and O–H groups in total. The fourth-order valence-electron chi connectivity index (χ4n) is 3.07. The third-order valence-electron chi connectivity index (χ3n) is 4.78. The van der Waals surface area contributed by atoms with Gasteiger partial charge in [-0.1, -0.05) is 12.1 Å². The van der Waals surface area contributed by atoms with Crippen LogP contribution in [0.15, 0.2) is 36.8 Å². The number of hydrogen-bond donors (Lipinski definition) is 2. The number of methoxy groups -OCH3 is 1. The lowest BCUT2D eigenvalue weighted by Crippen LogP contribution is -2.37. The number of carbonyl (C=O) groups is 1. The summed E-state index contributed by atoms with van der Waals surface area (Å²) in [5, 5.41) is 7.43. The molecule has 0 saturated heterocycles. The number of rotatable bonds is 7. The molecule has 0 aliphatic carbocycles. The van der Waals surface area contributed by atoms with Crippen molar-refractivity contribution in [2.45, 2.75) is 20.4 Å². The predicted octanol–water partition coefficient (Wildman–Crippen LogP) is 3.11. The standard InChI is InChI=1S/C20H26N6O2/c1-14-18(15(2)25(3)24-14)12-26(8-9-28-4)20(27)23-17-7-5-6-16(10-17)19-11-21-13-22-19/h5-7,10-11,13H,8-9,12H2,1-4H3,(H,21,22)(H,23,27).